The fourth-order valence-electron chi connectivity index (χ4n) is 2.81. The summed E-state index contributed by atoms with van der Waals surface area (Å²) >= 11 is 1.35. The van der Waals surface area contributed by atoms with Crippen molar-refractivity contribution < 1.29 is 4.79 Å². The van der Waals surface area contributed by atoms with Gasteiger partial charge in [-0.3, -0.25) is 4.79 Å². The second kappa shape index (κ2) is 7.81. The molecule has 8 nitrogen and oxygen atoms in total. The van der Waals surface area contributed by atoms with Crippen LogP contribution in [0.5, 0.6) is 0 Å². The Balaban J connectivity index is 1.41. The van der Waals surface area contributed by atoms with Gasteiger partial charge in [0.1, 0.15) is 12.1 Å². The summed E-state index contributed by atoms with van der Waals surface area (Å²) in [5.74, 6) is 0.926. The van der Waals surface area contributed by atoms with Crippen molar-refractivity contribution in [2.45, 2.75) is 18.6 Å². The van der Waals surface area contributed by atoms with E-state index >= 15 is 0 Å². The topological polar surface area (TPSA) is 90.5 Å². The van der Waals surface area contributed by atoms with E-state index in [0.717, 1.165) is 28.1 Å². The van der Waals surface area contributed by atoms with Gasteiger partial charge in [-0.2, -0.15) is 0 Å². The number of nitrogens with one attached hydrogen (secondary N) is 1. The lowest BCUT2D eigenvalue weighted by atomic mass is 10.2. The predicted molar refractivity (Wildman–Crippen MR) is 108 cm³/mol. The smallest absolute Gasteiger partial charge is 0.234 e. The van der Waals surface area contributed by atoms with Crippen LogP contribution in [0.15, 0.2) is 53.7 Å². The van der Waals surface area contributed by atoms with Crippen molar-refractivity contribution in [1.29, 1.82) is 0 Å². The van der Waals surface area contributed by atoms with Crippen molar-refractivity contribution in [3.63, 3.8) is 0 Å². The van der Waals surface area contributed by atoms with Crippen molar-refractivity contribution >= 4 is 34.4 Å². The number of aromatic nitrogens is 6. The maximum absolute atomic E-state index is 12.2. The first-order valence-electron chi connectivity index (χ1n) is 8.76. The third kappa shape index (κ3) is 3.74. The van der Waals surface area contributed by atoms with E-state index in [9.17, 15) is 4.79 Å². The Morgan fingerprint density at radius 3 is 2.71 bits per heavy atom. The quantitative estimate of drug-likeness (QED) is 0.507. The lowest BCUT2D eigenvalue weighted by Crippen LogP contribution is -2.15. The zero-order valence-corrected chi connectivity index (χ0v) is 16.3. The molecule has 2 aromatic carbocycles. The molecule has 9 heteroatoms. The van der Waals surface area contributed by atoms with Crippen molar-refractivity contribution in [2.75, 3.05) is 11.1 Å². The van der Waals surface area contributed by atoms with Gasteiger partial charge in [-0.05, 0) is 30.7 Å². The van der Waals surface area contributed by atoms with Crippen molar-refractivity contribution in [2.24, 2.45) is 7.05 Å². The van der Waals surface area contributed by atoms with E-state index in [1.807, 2.05) is 67.1 Å². The van der Waals surface area contributed by atoms with Crippen molar-refractivity contribution in [3.8, 4) is 0 Å². The average molecular weight is 393 g/mol. The zero-order valence-electron chi connectivity index (χ0n) is 15.5. The molecule has 0 saturated heterocycles. The Kier molecular flexibility index (Phi) is 5.07. The van der Waals surface area contributed by atoms with Crippen LogP contribution in [-0.4, -0.2) is 41.4 Å². The summed E-state index contributed by atoms with van der Waals surface area (Å²) in [5.41, 5.74) is 3.64. The number of rotatable bonds is 6. The Morgan fingerprint density at radius 1 is 1.07 bits per heavy atom. The van der Waals surface area contributed by atoms with E-state index in [1.54, 1.807) is 4.68 Å². The van der Waals surface area contributed by atoms with E-state index < -0.39 is 0 Å². The first kappa shape index (κ1) is 18.2. The third-order valence-corrected chi connectivity index (χ3v) is 5.41. The molecule has 2 aromatic heterocycles. The molecular weight excluding hydrogens is 374 g/mol. The molecular formula is C19H19N7OS. The SMILES string of the molecule is Cc1ccccc1NC(=O)CSc1nnc(Cn2nnc3ccccc32)n1C. The highest BCUT2D eigenvalue weighted by molar-refractivity contribution is 7.99. The van der Waals surface area contributed by atoms with Crippen LogP contribution in [-0.2, 0) is 18.4 Å². The minimum absolute atomic E-state index is 0.0777. The number of carbonyl (C=O) groups is 1. The molecule has 28 heavy (non-hydrogen) atoms. The lowest BCUT2D eigenvalue weighted by molar-refractivity contribution is -0.113. The first-order valence-corrected chi connectivity index (χ1v) is 9.75. The molecule has 1 amide bonds. The van der Waals surface area contributed by atoms with Crippen LogP contribution in [0.2, 0.25) is 0 Å². The number of para-hydroxylation sites is 2. The van der Waals surface area contributed by atoms with Gasteiger partial charge >= 0.3 is 0 Å². The molecule has 0 spiro atoms. The van der Waals surface area contributed by atoms with Gasteiger partial charge < -0.3 is 9.88 Å². The number of hydrogen-bond acceptors (Lipinski definition) is 6. The number of benzene rings is 2. The highest BCUT2D eigenvalue weighted by Crippen LogP contribution is 2.19. The van der Waals surface area contributed by atoms with E-state index in [2.05, 4.69) is 25.8 Å². The summed E-state index contributed by atoms with van der Waals surface area (Å²) in [6.45, 7) is 2.42. The maximum Gasteiger partial charge on any atom is 0.234 e. The second-order valence-corrected chi connectivity index (χ2v) is 7.29. The standard InChI is InChI=1S/C19H19N7OS/c1-13-7-3-4-8-14(13)20-18(27)12-28-19-23-22-17(25(19)2)11-26-16-10-6-5-9-15(16)21-24-26/h3-10H,11-12H2,1-2H3,(H,20,27). The molecule has 142 valence electrons. The van der Waals surface area contributed by atoms with Crippen LogP contribution in [0, 0.1) is 6.92 Å². The Hall–Kier alpha value is -3.20. The molecule has 0 fully saturated rings. The number of carbonyl (C=O) groups excluding carboxylic acids is 1. The number of anilines is 1. The molecule has 0 atom stereocenters. The predicted octanol–water partition coefficient (Wildman–Crippen LogP) is 2.65. The largest absolute Gasteiger partial charge is 0.325 e. The van der Waals surface area contributed by atoms with Gasteiger partial charge in [-0.1, -0.05) is 47.3 Å². The van der Waals surface area contributed by atoms with Gasteiger partial charge in [0.15, 0.2) is 11.0 Å². The first-order chi connectivity index (χ1) is 13.6. The Bertz CT molecular complexity index is 1130. The summed E-state index contributed by atoms with van der Waals surface area (Å²) < 4.78 is 3.67. The molecule has 1 N–H and O–H groups in total. The fourth-order valence-corrected chi connectivity index (χ4v) is 3.54. The normalized spacial score (nSPS) is 11.1. The summed E-state index contributed by atoms with van der Waals surface area (Å²) in [5, 5.41) is 20.4. The van der Waals surface area contributed by atoms with Crippen LogP contribution in [0.1, 0.15) is 11.4 Å². The van der Waals surface area contributed by atoms with Crippen molar-refractivity contribution in [3.05, 3.63) is 59.9 Å². The van der Waals surface area contributed by atoms with Gasteiger partial charge in [0.05, 0.1) is 11.3 Å². The molecule has 0 aliphatic heterocycles. The van der Waals surface area contributed by atoms with E-state index in [4.69, 9.17) is 0 Å². The maximum atomic E-state index is 12.2. The van der Waals surface area contributed by atoms with Gasteiger partial charge in [0.2, 0.25) is 5.91 Å². The molecule has 4 aromatic rings. The van der Waals surface area contributed by atoms with E-state index in [-0.39, 0.29) is 11.7 Å². The summed E-state index contributed by atoms with van der Waals surface area (Å²) in [4.78, 5) is 12.2. The number of hydrogen-bond donors (Lipinski definition) is 1. The number of amides is 1. The minimum atomic E-state index is -0.0777. The highest BCUT2D eigenvalue weighted by Gasteiger charge is 2.14. The molecule has 2 heterocycles. The molecule has 0 bridgehead atoms. The van der Waals surface area contributed by atoms with E-state index in [0.29, 0.717) is 11.7 Å². The molecule has 0 aliphatic rings. The number of fused-ring (bicyclic) bond motifs is 1. The van der Waals surface area contributed by atoms with Crippen molar-refractivity contribution in [1.82, 2.24) is 29.8 Å². The summed E-state index contributed by atoms with van der Waals surface area (Å²) in [6, 6.07) is 15.5. The molecule has 0 radical (unpaired) electrons. The van der Waals surface area contributed by atoms with Gasteiger partial charge in [0, 0.05) is 12.7 Å². The Morgan fingerprint density at radius 2 is 1.86 bits per heavy atom. The lowest BCUT2D eigenvalue weighted by Gasteiger charge is -2.08. The van der Waals surface area contributed by atoms with Crippen LogP contribution >= 0.6 is 11.8 Å². The van der Waals surface area contributed by atoms with Gasteiger partial charge in [-0.15, -0.1) is 15.3 Å². The molecule has 4 rings (SSSR count). The third-order valence-electron chi connectivity index (χ3n) is 4.39. The number of aryl methyl sites for hydroxylation is 1. The van der Waals surface area contributed by atoms with Crippen LogP contribution in [0.3, 0.4) is 0 Å². The second-order valence-electron chi connectivity index (χ2n) is 6.35. The van der Waals surface area contributed by atoms with Gasteiger partial charge in [-0.25, -0.2) is 4.68 Å². The molecule has 0 aliphatic carbocycles. The molecule has 0 unspecified atom stereocenters. The average Bonchev–Trinajstić information content (AvgIpc) is 3.27. The zero-order chi connectivity index (χ0) is 19.5. The van der Waals surface area contributed by atoms with Crippen LogP contribution in [0.25, 0.3) is 11.0 Å². The Labute approximate surface area is 166 Å². The number of nitrogens with zero attached hydrogens (tertiary/aromatic N) is 6. The fraction of sp³-hybridized carbons (Fsp3) is 0.211. The van der Waals surface area contributed by atoms with Gasteiger partial charge in [0.25, 0.3) is 0 Å². The van der Waals surface area contributed by atoms with Crippen LogP contribution in [0.4, 0.5) is 5.69 Å². The van der Waals surface area contributed by atoms with Crippen LogP contribution < -0.4 is 5.32 Å². The monoisotopic (exact) mass is 393 g/mol. The summed E-state index contributed by atoms with van der Waals surface area (Å²) in [7, 11) is 1.88. The molecule has 0 saturated carbocycles. The summed E-state index contributed by atoms with van der Waals surface area (Å²) in [6.07, 6.45) is 0. The number of thioether (sulfide) groups is 1. The minimum Gasteiger partial charge on any atom is -0.325 e. The highest BCUT2D eigenvalue weighted by atomic mass is 32.2. The van der Waals surface area contributed by atoms with E-state index in [1.165, 1.54) is 11.8 Å².